The fraction of sp³-hybridized carbons (Fsp3) is 0.803. The number of phenols is 1. The molecule has 94 heavy (non-hydrogen) atoms. The number of benzene rings is 1. The van der Waals surface area contributed by atoms with Gasteiger partial charge in [-0.3, -0.25) is 24.0 Å². The number of ketones is 1. The van der Waals surface area contributed by atoms with Gasteiger partial charge in [-0.2, -0.15) is 0 Å². The van der Waals surface area contributed by atoms with Crippen LogP contribution in [0.3, 0.4) is 0 Å². The molecule has 6 rings (SSSR count). The Morgan fingerprint density at radius 3 is 1.49 bits per heavy atom. The van der Waals surface area contributed by atoms with Crippen molar-refractivity contribution in [2.24, 2.45) is 46.3 Å². The molecule has 544 valence electrons. The van der Waals surface area contributed by atoms with Crippen molar-refractivity contribution in [1.29, 1.82) is 0 Å². The zero-order chi connectivity index (χ0) is 64.7. The Morgan fingerprint density at radius 2 is 1.04 bits per heavy atom. The number of aromatic hydroxyl groups is 1. The van der Waals surface area contributed by atoms with Crippen molar-refractivity contribution in [2.75, 3.05) is 53.5 Å². The van der Waals surface area contributed by atoms with Crippen molar-refractivity contribution >= 4 is 47.4 Å². The number of Topliss-reactive ketones (excluding diaryl/α,β-unsaturated/α-hetero) is 1. The maximum absolute atomic E-state index is 14.0. The standard InChI is InChI=1S/C65H102N4O19.6CH4/c1-14-64(87-45-28-50-49-18-16-43-27-44(71)17-19-47(43)48(49)20-21-62(50,12)30-45)83-33-63(34-84-64)35-85-65(15-2,86-36-63)88-46(31-79-58(75)51(66-13)22-38(3)4)32-80-59(76)52(23-39(5)6)68-56(73)29-57(74)69-54(25-41(9)10)61(78)82-37-81-60(77)53(24-40(7)8)67-55(72)26-42(11)70;;;;;;/h17,19,27,38-41,45-46,48-54,66,71H,14-16,18,20-26,28-37H2,1-13H3,(H,67,72)(H,68,73)(H,69,74);6*1H4. The first kappa shape index (κ1) is 88.7. The molecule has 10 unspecified atom stereocenters. The number of amides is 3. The van der Waals surface area contributed by atoms with Gasteiger partial charge >= 0.3 is 23.9 Å². The average Bonchev–Trinajstić information content (AvgIpc) is 1.49. The lowest BCUT2D eigenvalue weighted by molar-refractivity contribution is -0.474. The van der Waals surface area contributed by atoms with Gasteiger partial charge in [-0.15, -0.1) is 0 Å². The lowest BCUT2D eigenvalue weighted by atomic mass is 9.56. The number of hydrogen-bond acceptors (Lipinski definition) is 20. The van der Waals surface area contributed by atoms with Crippen molar-refractivity contribution in [1.82, 2.24) is 21.3 Å². The maximum Gasteiger partial charge on any atom is 0.331 e. The Kier molecular flexibility index (Phi) is 37.6. The summed E-state index contributed by atoms with van der Waals surface area (Å²) < 4.78 is 61.5. The lowest BCUT2D eigenvalue weighted by Crippen LogP contribution is -2.61. The zero-order valence-corrected chi connectivity index (χ0v) is 54.4. The first-order chi connectivity index (χ1) is 41.5. The SMILES string of the molecule is C.C.C.C.C.C.CCC1(OC(COC(=O)C(CC(C)C)NC)COC(=O)C(CC(C)C)NC(=O)CC(=O)NC(CC(C)C)C(=O)OCOC(=O)C(CC(C)C)NC(=O)CC(C)=O)OCC2(CO1)COC(CC)(OC1CC3C4CCc5cc(O)ccc5C4CCC3(C)C1)OC2. The highest BCUT2D eigenvalue weighted by Gasteiger charge is 2.57. The van der Waals surface area contributed by atoms with Crippen LogP contribution in [-0.4, -0.2) is 154 Å². The Hall–Kier alpha value is -5.30. The number of likely N-dealkylation sites (N-methyl/N-ethyl adjacent to an activating group) is 1. The molecule has 2 aliphatic heterocycles. The molecule has 23 heteroatoms. The van der Waals surface area contributed by atoms with Crippen LogP contribution in [0.25, 0.3) is 0 Å². The van der Waals surface area contributed by atoms with E-state index >= 15 is 0 Å². The quantitative estimate of drug-likeness (QED) is 0.0194. The molecule has 0 bridgehead atoms. The molecule has 5 N–H and O–H groups in total. The molecule has 1 aromatic carbocycles. The van der Waals surface area contributed by atoms with Crippen molar-refractivity contribution in [3.63, 3.8) is 0 Å². The van der Waals surface area contributed by atoms with Crippen LogP contribution in [0.4, 0.5) is 0 Å². The third-order valence-electron chi connectivity index (χ3n) is 17.7. The summed E-state index contributed by atoms with van der Waals surface area (Å²) in [5.41, 5.74) is 2.06. The van der Waals surface area contributed by atoms with Crippen molar-refractivity contribution in [3.8, 4) is 5.75 Å². The minimum atomic E-state index is -1.67. The van der Waals surface area contributed by atoms with E-state index in [1.807, 2.05) is 60.6 Å². The summed E-state index contributed by atoms with van der Waals surface area (Å²) in [6, 6.07) is 1.65. The number of esters is 4. The van der Waals surface area contributed by atoms with Gasteiger partial charge < -0.3 is 73.7 Å². The topological polar surface area (TPSA) is 297 Å². The van der Waals surface area contributed by atoms with Crippen LogP contribution in [0.2, 0.25) is 0 Å². The summed E-state index contributed by atoms with van der Waals surface area (Å²) in [6.45, 7) is 21.3. The summed E-state index contributed by atoms with van der Waals surface area (Å²) in [5.74, 6) is -7.25. The van der Waals surface area contributed by atoms with Crippen molar-refractivity contribution in [3.05, 3.63) is 29.3 Å². The molecular formula is C71H126N4O19. The fourth-order valence-corrected chi connectivity index (χ4v) is 13.2. The Bertz CT molecular complexity index is 2540. The molecule has 4 fully saturated rings. The van der Waals surface area contributed by atoms with Crippen LogP contribution >= 0.6 is 0 Å². The Labute approximate surface area is 564 Å². The molecule has 0 aromatic heterocycles. The van der Waals surface area contributed by atoms with Gasteiger partial charge in [0.1, 0.15) is 61.4 Å². The number of rotatable bonds is 32. The van der Waals surface area contributed by atoms with E-state index < -0.39 is 115 Å². The summed E-state index contributed by atoms with van der Waals surface area (Å²) in [6.07, 6.45) is 5.23. The highest BCUT2D eigenvalue weighted by Crippen LogP contribution is 2.62. The zero-order valence-electron chi connectivity index (χ0n) is 54.4. The molecular weight excluding hydrogens is 1210 g/mol. The Balaban J connectivity index is 0.0000144. The van der Waals surface area contributed by atoms with E-state index in [4.69, 9.17) is 47.4 Å². The fourth-order valence-electron chi connectivity index (χ4n) is 13.2. The van der Waals surface area contributed by atoms with E-state index in [2.05, 4.69) is 34.3 Å². The molecule has 2 saturated heterocycles. The van der Waals surface area contributed by atoms with Gasteiger partial charge in [-0.1, -0.05) is 127 Å². The number of carbonyl (C=O) groups excluding carboxylic acids is 8. The molecule has 1 aromatic rings. The van der Waals surface area contributed by atoms with Crippen LogP contribution < -0.4 is 21.3 Å². The molecule has 3 aliphatic carbocycles. The van der Waals surface area contributed by atoms with Crippen molar-refractivity contribution in [2.45, 2.75) is 272 Å². The molecule has 10 atom stereocenters. The van der Waals surface area contributed by atoms with Crippen LogP contribution in [0.15, 0.2) is 18.2 Å². The predicted octanol–water partition coefficient (Wildman–Crippen LogP) is 10.8. The first-order valence-electron chi connectivity index (χ1n) is 32.0. The van der Waals surface area contributed by atoms with Gasteiger partial charge in [0.2, 0.25) is 24.5 Å². The summed E-state index contributed by atoms with van der Waals surface area (Å²) in [4.78, 5) is 104. The molecule has 23 nitrogen and oxygen atoms in total. The van der Waals surface area contributed by atoms with Gasteiger partial charge in [-0.05, 0) is 148 Å². The van der Waals surface area contributed by atoms with Crippen LogP contribution in [-0.2, 0) is 92.1 Å². The minimum Gasteiger partial charge on any atom is -0.508 e. The smallest absolute Gasteiger partial charge is 0.331 e. The molecule has 3 amide bonds. The van der Waals surface area contributed by atoms with E-state index in [-0.39, 0.29) is 144 Å². The summed E-state index contributed by atoms with van der Waals surface area (Å²) in [7, 11) is 1.66. The van der Waals surface area contributed by atoms with E-state index in [1.54, 1.807) is 27.8 Å². The van der Waals surface area contributed by atoms with E-state index in [9.17, 15) is 43.5 Å². The van der Waals surface area contributed by atoms with Crippen LogP contribution in [0, 0.1) is 46.3 Å². The van der Waals surface area contributed by atoms with Crippen LogP contribution in [0.5, 0.6) is 5.75 Å². The number of fused-ring (bicyclic) bond motifs is 5. The Morgan fingerprint density at radius 1 is 0.606 bits per heavy atom. The van der Waals surface area contributed by atoms with Crippen molar-refractivity contribution < 1.29 is 90.8 Å². The van der Waals surface area contributed by atoms with E-state index in [0.717, 1.165) is 38.5 Å². The third-order valence-corrected chi connectivity index (χ3v) is 17.7. The second-order valence-corrected chi connectivity index (χ2v) is 27.2. The predicted molar refractivity (Wildman–Crippen MR) is 360 cm³/mol. The maximum atomic E-state index is 14.0. The number of hydrogen-bond donors (Lipinski definition) is 5. The van der Waals surface area contributed by atoms with Gasteiger partial charge in [0.05, 0.1) is 44.4 Å². The third kappa shape index (κ3) is 25.0. The normalized spacial score (nSPS) is 25.7. The van der Waals surface area contributed by atoms with E-state index in [1.165, 1.54) is 18.1 Å². The second kappa shape index (κ2) is 39.8. The average molecular weight is 1340 g/mol. The van der Waals surface area contributed by atoms with Gasteiger partial charge in [0, 0.05) is 12.8 Å². The lowest BCUT2D eigenvalue weighted by Gasteiger charge is -2.50. The van der Waals surface area contributed by atoms with Gasteiger partial charge in [0.25, 0.3) is 11.9 Å². The van der Waals surface area contributed by atoms with E-state index in [0.29, 0.717) is 36.3 Å². The highest BCUT2D eigenvalue weighted by molar-refractivity contribution is 6.00. The largest absolute Gasteiger partial charge is 0.508 e. The minimum absolute atomic E-state index is 0. The molecule has 1 spiro atoms. The van der Waals surface area contributed by atoms with Gasteiger partial charge in [0.15, 0.2) is 0 Å². The molecule has 0 radical (unpaired) electrons. The molecule has 2 heterocycles. The number of phenolic OH excluding ortho intramolecular Hbond substituents is 1. The monoisotopic (exact) mass is 1340 g/mol. The number of aryl methyl sites for hydroxylation is 1. The molecule has 2 saturated carbocycles. The summed E-state index contributed by atoms with van der Waals surface area (Å²) in [5, 5.41) is 20.8. The molecule has 5 aliphatic rings. The number of carbonyl (C=O) groups is 8. The van der Waals surface area contributed by atoms with Crippen LogP contribution in [0.1, 0.15) is 228 Å². The number of ether oxygens (including phenoxy) is 10. The second-order valence-electron chi connectivity index (χ2n) is 27.2. The number of nitrogens with one attached hydrogen (secondary N) is 4. The first-order valence-corrected chi connectivity index (χ1v) is 32.0. The summed E-state index contributed by atoms with van der Waals surface area (Å²) >= 11 is 0. The van der Waals surface area contributed by atoms with Gasteiger partial charge in [-0.25, -0.2) is 14.4 Å². The highest BCUT2D eigenvalue weighted by atomic mass is 16.9.